The molecule has 0 radical (unpaired) electrons. The van der Waals surface area contributed by atoms with Gasteiger partial charge in [-0.1, -0.05) is 0 Å². The lowest BCUT2D eigenvalue weighted by Gasteiger charge is -2.40. The topological polar surface area (TPSA) is 18.5 Å². The van der Waals surface area contributed by atoms with Crippen LogP contribution in [-0.2, 0) is 0 Å². The minimum absolute atomic E-state index is 0. The number of halogens is 2. The van der Waals surface area contributed by atoms with E-state index in [4.69, 9.17) is 0 Å². The molecule has 0 spiro atoms. The van der Waals surface area contributed by atoms with Crippen LogP contribution in [0.1, 0.15) is 0 Å². The molecule has 2 heterocycles. The maximum absolute atomic E-state index is 3.44. The summed E-state index contributed by atoms with van der Waals surface area (Å²) in [6.07, 6.45) is 0. The van der Waals surface area contributed by atoms with Crippen molar-refractivity contribution in [3.8, 4) is 0 Å². The second-order valence-corrected chi connectivity index (χ2v) is 3.75. The molecular formula is C8H19Cl2N3. The zero-order valence-corrected chi connectivity index (χ0v) is 9.83. The summed E-state index contributed by atoms with van der Waals surface area (Å²) >= 11 is 0. The van der Waals surface area contributed by atoms with E-state index in [1.807, 2.05) is 0 Å². The first-order valence-corrected chi connectivity index (χ1v) is 4.40. The Hall–Kier alpha value is 0.460. The van der Waals surface area contributed by atoms with E-state index in [9.17, 15) is 0 Å². The van der Waals surface area contributed by atoms with Gasteiger partial charge in [0.05, 0.1) is 0 Å². The Labute approximate surface area is 92.7 Å². The first-order valence-electron chi connectivity index (χ1n) is 4.40. The highest BCUT2D eigenvalue weighted by Crippen LogP contribution is 2.16. The molecule has 2 atom stereocenters. The van der Waals surface area contributed by atoms with Crippen molar-refractivity contribution in [2.24, 2.45) is 0 Å². The Morgan fingerprint density at radius 2 is 1.31 bits per heavy atom. The SMILES string of the molecule is CN1CCN(C)[C@H]2CNC[C@H]21.Cl.Cl. The van der Waals surface area contributed by atoms with E-state index in [0.29, 0.717) is 0 Å². The molecule has 0 aromatic carbocycles. The van der Waals surface area contributed by atoms with Crippen LogP contribution in [0.5, 0.6) is 0 Å². The van der Waals surface area contributed by atoms with E-state index >= 15 is 0 Å². The van der Waals surface area contributed by atoms with Gasteiger partial charge in [-0.2, -0.15) is 0 Å². The van der Waals surface area contributed by atoms with E-state index < -0.39 is 0 Å². The lowest BCUT2D eigenvalue weighted by atomic mass is 10.1. The standard InChI is InChI=1S/C8H17N3.2ClH/c1-10-3-4-11(2)8-6-9-5-7(8)10;;/h7-9H,3-6H2,1-2H3;2*1H/t7-,8+;;. The third-order valence-corrected chi connectivity index (χ3v) is 3.09. The van der Waals surface area contributed by atoms with Gasteiger partial charge in [-0.3, -0.25) is 9.80 Å². The summed E-state index contributed by atoms with van der Waals surface area (Å²) in [5.41, 5.74) is 0. The molecule has 0 saturated carbocycles. The van der Waals surface area contributed by atoms with Crippen LogP contribution in [0.2, 0.25) is 0 Å². The van der Waals surface area contributed by atoms with E-state index in [1.54, 1.807) is 0 Å². The minimum Gasteiger partial charge on any atom is -0.313 e. The summed E-state index contributed by atoms with van der Waals surface area (Å²) in [7, 11) is 4.47. The third kappa shape index (κ3) is 2.48. The van der Waals surface area contributed by atoms with Crippen molar-refractivity contribution >= 4 is 24.8 Å². The van der Waals surface area contributed by atoms with E-state index in [-0.39, 0.29) is 24.8 Å². The number of piperazine rings is 1. The molecule has 13 heavy (non-hydrogen) atoms. The molecule has 5 heteroatoms. The monoisotopic (exact) mass is 227 g/mol. The van der Waals surface area contributed by atoms with Crippen LogP contribution in [0.3, 0.4) is 0 Å². The van der Waals surface area contributed by atoms with Gasteiger partial charge in [0.15, 0.2) is 0 Å². The van der Waals surface area contributed by atoms with Gasteiger partial charge in [0, 0.05) is 38.3 Å². The Bertz CT molecular complexity index is 140. The molecule has 1 N–H and O–H groups in total. The van der Waals surface area contributed by atoms with Crippen molar-refractivity contribution in [2.45, 2.75) is 12.1 Å². The molecular weight excluding hydrogens is 209 g/mol. The fraction of sp³-hybridized carbons (Fsp3) is 1.00. The summed E-state index contributed by atoms with van der Waals surface area (Å²) in [6, 6.07) is 1.52. The van der Waals surface area contributed by atoms with Crippen LogP contribution in [-0.4, -0.2) is 62.2 Å². The number of fused-ring (bicyclic) bond motifs is 1. The Morgan fingerprint density at radius 1 is 0.923 bits per heavy atom. The molecule has 2 saturated heterocycles. The molecule has 2 aliphatic rings. The largest absolute Gasteiger partial charge is 0.313 e. The van der Waals surface area contributed by atoms with Crippen LogP contribution in [0.15, 0.2) is 0 Å². The van der Waals surface area contributed by atoms with Gasteiger partial charge in [0.2, 0.25) is 0 Å². The molecule has 0 aromatic heterocycles. The molecule has 80 valence electrons. The molecule has 0 amide bonds. The fourth-order valence-electron chi connectivity index (χ4n) is 2.20. The van der Waals surface area contributed by atoms with Crippen molar-refractivity contribution in [1.82, 2.24) is 15.1 Å². The van der Waals surface area contributed by atoms with Crippen molar-refractivity contribution in [3.63, 3.8) is 0 Å². The number of nitrogens with zero attached hydrogens (tertiary/aromatic N) is 2. The number of hydrogen-bond acceptors (Lipinski definition) is 3. The van der Waals surface area contributed by atoms with Crippen LogP contribution in [0, 0.1) is 0 Å². The number of hydrogen-bond donors (Lipinski definition) is 1. The number of likely N-dealkylation sites (N-methyl/N-ethyl adjacent to an activating group) is 2. The summed E-state index contributed by atoms with van der Waals surface area (Å²) in [6.45, 7) is 4.79. The molecule has 2 aliphatic heterocycles. The predicted octanol–water partition coefficient (Wildman–Crippen LogP) is 0.0476. The first kappa shape index (κ1) is 13.5. The van der Waals surface area contributed by atoms with Gasteiger partial charge in [0.1, 0.15) is 0 Å². The van der Waals surface area contributed by atoms with Crippen LogP contribution in [0.25, 0.3) is 0 Å². The molecule has 0 aliphatic carbocycles. The number of nitrogens with one attached hydrogen (secondary N) is 1. The van der Waals surface area contributed by atoms with Crippen molar-refractivity contribution in [3.05, 3.63) is 0 Å². The van der Waals surface area contributed by atoms with E-state index in [2.05, 4.69) is 29.2 Å². The van der Waals surface area contributed by atoms with Gasteiger partial charge in [-0.15, -0.1) is 24.8 Å². The van der Waals surface area contributed by atoms with Crippen LogP contribution >= 0.6 is 24.8 Å². The average molecular weight is 228 g/mol. The quantitative estimate of drug-likeness (QED) is 0.632. The van der Waals surface area contributed by atoms with Gasteiger partial charge < -0.3 is 5.32 Å². The molecule has 0 bridgehead atoms. The van der Waals surface area contributed by atoms with Gasteiger partial charge in [-0.05, 0) is 14.1 Å². The summed E-state index contributed by atoms with van der Waals surface area (Å²) in [5.74, 6) is 0. The first-order chi connectivity index (χ1) is 5.29. The lowest BCUT2D eigenvalue weighted by Crippen LogP contribution is -2.56. The highest BCUT2D eigenvalue weighted by Gasteiger charge is 2.35. The highest BCUT2D eigenvalue weighted by molar-refractivity contribution is 5.85. The van der Waals surface area contributed by atoms with Gasteiger partial charge in [-0.25, -0.2) is 0 Å². The second kappa shape index (κ2) is 5.37. The molecule has 2 rings (SSSR count). The van der Waals surface area contributed by atoms with Crippen LogP contribution in [0.4, 0.5) is 0 Å². The molecule has 2 fully saturated rings. The van der Waals surface area contributed by atoms with Crippen molar-refractivity contribution in [1.29, 1.82) is 0 Å². The summed E-state index contributed by atoms with van der Waals surface area (Å²) in [4.78, 5) is 4.95. The molecule has 3 nitrogen and oxygen atoms in total. The maximum Gasteiger partial charge on any atom is 0.0386 e. The lowest BCUT2D eigenvalue weighted by molar-refractivity contribution is 0.0831. The van der Waals surface area contributed by atoms with Gasteiger partial charge >= 0.3 is 0 Å². The van der Waals surface area contributed by atoms with E-state index in [0.717, 1.165) is 12.1 Å². The molecule has 0 aromatic rings. The van der Waals surface area contributed by atoms with Crippen molar-refractivity contribution in [2.75, 3.05) is 40.3 Å². The second-order valence-electron chi connectivity index (χ2n) is 3.75. The Kier molecular flexibility index (Phi) is 5.56. The third-order valence-electron chi connectivity index (χ3n) is 3.09. The average Bonchev–Trinajstić information content (AvgIpc) is 2.45. The minimum atomic E-state index is 0. The molecule has 0 unspecified atom stereocenters. The van der Waals surface area contributed by atoms with E-state index in [1.165, 1.54) is 26.2 Å². The summed E-state index contributed by atoms with van der Waals surface area (Å²) < 4.78 is 0. The zero-order valence-electron chi connectivity index (χ0n) is 8.19. The Balaban J connectivity index is 0.000000720. The maximum atomic E-state index is 3.44. The number of rotatable bonds is 0. The summed E-state index contributed by atoms with van der Waals surface area (Å²) in [5, 5.41) is 3.44. The smallest absolute Gasteiger partial charge is 0.0386 e. The predicted molar refractivity (Wildman–Crippen MR) is 60.2 cm³/mol. The fourth-order valence-corrected chi connectivity index (χ4v) is 2.20. The van der Waals surface area contributed by atoms with Gasteiger partial charge in [0.25, 0.3) is 0 Å². The Morgan fingerprint density at radius 3 is 1.69 bits per heavy atom. The normalized spacial score (nSPS) is 34.6. The highest BCUT2D eigenvalue weighted by atomic mass is 35.5. The van der Waals surface area contributed by atoms with Crippen molar-refractivity contribution < 1.29 is 0 Å². The van der Waals surface area contributed by atoms with Crippen LogP contribution < -0.4 is 5.32 Å². The zero-order chi connectivity index (χ0) is 7.84.